The molecule has 142 valence electrons. The van der Waals surface area contributed by atoms with Gasteiger partial charge in [0, 0.05) is 21.2 Å². The number of para-hydroxylation sites is 1. The van der Waals surface area contributed by atoms with E-state index in [4.69, 9.17) is 27.9 Å². The lowest BCUT2D eigenvalue weighted by Crippen LogP contribution is -2.22. The summed E-state index contributed by atoms with van der Waals surface area (Å²) < 4.78 is 34.4. The normalized spacial score (nSPS) is 14.6. The Hall–Kier alpha value is -2.54. The second-order valence-electron chi connectivity index (χ2n) is 6.08. The number of halogens is 2. The maximum absolute atomic E-state index is 12.4. The number of hydrogen-bond donors (Lipinski definition) is 1. The molecule has 0 bridgehead atoms. The third-order valence-corrected chi connectivity index (χ3v) is 6.09. The summed E-state index contributed by atoms with van der Waals surface area (Å²) in [6.45, 7) is 0.288. The molecule has 28 heavy (non-hydrogen) atoms. The van der Waals surface area contributed by atoms with Crippen LogP contribution in [0.5, 0.6) is 5.75 Å². The fraction of sp³-hybridized carbons (Fsp3) is 0.0500. The smallest absolute Gasteiger partial charge is 0.286 e. The highest BCUT2D eigenvalue weighted by Gasteiger charge is 2.24. The molecular weight excluding hydrogens is 419 g/mol. The summed E-state index contributed by atoms with van der Waals surface area (Å²) in [5.41, 5.74) is 1.95. The molecule has 0 atom stereocenters. The summed E-state index contributed by atoms with van der Waals surface area (Å²) in [4.78, 5) is 0.165. The number of benzene rings is 3. The van der Waals surface area contributed by atoms with Crippen molar-refractivity contribution >= 4 is 44.7 Å². The molecule has 1 N–H and O–H groups in total. The summed E-state index contributed by atoms with van der Waals surface area (Å²) in [6.07, 6.45) is 0. The van der Waals surface area contributed by atoms with Gasteiger partial charge in [-0.05, 0) is 48.5 Å². The number of hydrogen-bond acceptors (Lipinski definition) is 4. The van der Waals surface area contributed by atoms with Crippen molar-refractivity contribution in [3.8, 4) is 5.75 Å². The molecule has 0 unspecified atom stereocenters. The van der Waals surface area contributed by atoms with Crippen molar-refractivity contribution in [3.05, 3.63) is 87.9 Å². The van der Waals surface area contributed by atoms with Crippen LogP contribution in [0.15, 0.2) is 76.0 Å². The Morgan fingerprint density at radius 3 is 2.46 bits per heavy atom. The van der Waals surface area contributed by atoms with Gasteiger partial charge < -0.3 is 10.1 Å². The Morgan fingerprint density at radius 1 is 0.964 bits per heavy atom. The highest BCUT2D eigenvalue weighted by atomic mass is 35.5. The van der Waals surface area contributed by atoms with Gasteiger partial charge in [0.05, 0.1) is 5.69 Å². The molecule has 1 aliphatic rings. The molecule has 0 fully saturated rings. The van der Waals surface area contributed by atoms with Crippen LogP contribution in [0.4, 0.5) is 5.69 Å². The highest BCUT2D eigenvalue weighted by molar-refractivity contribution is 7.90. The fourth-order valence-corrected chi connectivity index (χ4v) is 4.35. The largest absolute Gasteiger partial charge is 0.489 e. The number of nitrogens with one attached hydrogen (secondary N) is 1. The molecule has 3 aromatic carbocycles. The van der Waals surface area contributed by atoms with E-state index >= 15 is 0 Å². The maximum Gasteiger partial charge on any atom is 0.286 e. The first-order chi connectivity index (χ1) is 13.4. The lowest BCUT2D eigenvalue weighted by Gasteiger charge is -2.18. The molecule has 3 aromatic rings. The van der Waals surface area contributed by atoms with Gasteiger partial charge in [0.2, 0.25) is 0 Å². The standard InChI is InChI=1S/C20H14Cl2N2O3S/c21-15-8-5-14(17(22)11-15)12-27-16-9-6-13(7-10-16)20-23-18-3-1-2-4-19(18)28(25,26)24-20/h1-11H,12H2,(H,23,24). The topological polar surface area (TPSA) is 67.8 Å². The number of nitrogens with zero attached hydrogens (tertiary/aromatic N) is 1. The number of amidine groups is 1. The van der Waals surface area contributed by atoms with Gasteiger partial charge in [0.15, 0.2) is 5.84 Å². The Morgan fingerprint density at radius 2 is 1.71 bits per heavy atom. The van der Waals surface area contributed by atoms with Crippen molar-refractivity contribution in [3.63, 3.8) is 0 Å². The van der Waals surface area contributed by atoms with Gasteiger partial charge in [-0.2, -0.15) is 8.42 Å². The van der Waals surface area contributed by atoms with Gasteiger partial charge in [-0.1, -0.05) is 41.4 Å². The minimum absolute atomic E-state index is 0.165. The monoisotopic (exact) mass is 432 g/mol. The van der Waals surface area contributed by atoms with Crippen molar-refractivity contribution in [1.82, 2.24) is 0 Å². The predicted molar refractivity (Wildman–Crippen MR) is 111 cm³/mol. The second kappa shape index (κ2) is 7.47. The summed E-state index contributed by atoms with van der Waals surface area (Å²) in [5, 5.41) is 4.16. The first kappa shape index (κ1) is 18.8. The lowest BCUT2D eigenvalue weighted by molar-refractivity contribution is 0.306. The zero-order valence-corrected chi connectivity index (χ0v) is 16.7. The van der Waals surface area contributed by atoms with E-state index in [0.717, 1.165) is 5.56 Å². The average Bonchev–Trinajstić information content (AvgIpc) is 2.67. The van der Waals surface area contributed by atoms with Crippen LogP contribution < -0.4 is 10.1 Å². The van der Waals surface area contributed by atoms with Crippen LogP contribution in [-0.4, -0.2) is 14.3 Å². The van der Waals surface area contributed by atoms with Crippen molar-refractivity contribution in [2.24, 2.45) is 4.40 Å². The Bertz CT molecular complexity index is 1180. The molecule has 1 aliphatic heterocycles. The molecule has 0 spiro atoms. The van der Waals surface area contributed by atoms with E-state index in [1.165, 1.54) is 6.07 Å². The van der Waals surface area contributed by atoms with E-state index in [2.05, 4.69) is 9.71 Å². The Kier molecular flexibility index (Phi) is 5.02. The first-order valence-corrected chi connectivity index (χ1v) is 10.5. The number of anilines is 1. The molecule has 8 heteroatoms. The third kappa shape index (κ3) is 3.85. The van der Waals surface area contributed by atoms with Crippen molar-refractivity contribution in [1.29, 1.82) is 0 Å². The maximum atomic E-state index is 12.4. The van der Waals surface area contributed by atoms with Crippen molar-refractivity contribution in [2.45, 2.75) is 11.5 Å². The quantitative estimate of drug-likeness (QED) is 0.619. The average molecular weight is 433 g/mol. The third-order valence-electron chi connectivity index (χ3n) is 4.17. The van der Waals surface area contributed by atoms with Gasteiger partial charge in [0.1, 0.15) is 17.3 Å². The van der Waals surface area contributed by atoms with Gasteiger partial charge in [-0.15, -0.1) is 4.40 Å². The molecule has 5 nitrogen and oxygen atoms in total. The molecule has 4 rings (SSSR count). The van der Waals surface area contributed by atoms with E-state index < -0.39 is 10.0 Å². The van der Waals surface area contributed by atoms with Crippen LogP contribution in [-0.2, 0) is 16.6 Å². The van der Waals surface area contributed by atoms with Gasteiger partial charge >= 0.3 is 0 Å². The molecule has 0 aliphatic carbocycles. The van der Waals surface area contributed by atoms with Crippen LogP contribution in [0.25, 0.3) is 0 Å². The zero-order chi connectivity index (χ0) is 19.7. The highest BCUT2D eigenvalue weighted by Crippen LogP contribution is 2.28. The molecule has 0 amide bonds. The minimum Gasteiger partial charge on any atom is -0.489 e. The van der Waals surface area contributed by atoms with Crippen molar-refractivity contribution < 1.29 is 13.2 Å². The van der Waals surface area contributed by atoms with Gasteiger partial charge in [0.25, 0.3) is 10.0 Å². The van der Waals surface area contributed by atoms with Gasteiger partial charge in [-0.3, -0.25) is 0 Å². The molecule has 0 aromatic heterocycles. The number of fused-ring (bicyclic) bond motifs is 1. The van der Waals surface area contributed by atoms with Crippen LogP contribution in [0.1, 0.15) is 11.1 Å². The van der Waals surface area contributed by atoms with Crippen LogP contribution in [0.2, 0.25) is 10.0 Å². The zero-order valence-electron chi connectivity index (χ0n) is 14.4. The number of sulfonamides is 1. The summed E-state index contributed by atoms with van der Waals surface area (Å²) in [6, 6.07) is 18.9. The Labute approximate surface area is 172 Å². The van der Waals surface area contributed by atoms with E-state index in [1.807, 2.05) is 6.07 Å². The van der Waals surface area contributed by atoms with E-state index in [9.17, 15) is 8.42 Å². The lowest BCUT2D eigenvalue weighted by atomic mass is 10.2. The SMILES string of the molecule is O=S1(=O)N=C(c2ccc(OCc3ccc(Cl)cc3Cl)cc2)Nc2ccccc21. The summed E-state index contributed by atoms with van der Waals surface area (Å²) >= 11 is 12.0. The number of ether oxygens (including phenoxy) is 1. The predicted octanol–water partition coefficient (Wildman–Crippen LogP) is 5.13. The van der Waals surface area contributed by atoms with Gasteiger partial charge in [-0.25, -0.2) is 0 Å². The molecular formula is C20H14Cl2N2O3S. The fourth-order valence-electron chi connectivity index (χ4n) is 2.75. The minimum atomic E-state index is -3.74. The molecule has 1 heterocycles. The first-order valence-electron chi connectivity index (χ1n) is 8.30. The van der Waals surface area contributed by atoms with Crippen LogP contribution in [0, 0.1) is 0 Å². The van der Waals surface area contributed by atoms with E-state index in [1.54, 1.807) is 54.6 Å². The Balaban J connectivity index is 1.52. The molecule has 0 saturated heterocycles. The summed E-state index contributed by atoms with van der Waals surface area (Å²) in [7, 11) is -3.74. The van der Waals surface area contributed by atoms with E-state index in [0.29, 0.717) is 27.0 Å². The second-order valence-corrected chi connectivity index (χ2v) is 8.50. The molecule has 0 saturated carbocycles. The van der Waals surface area contributed by atoms with E-state index in [-0.39, 0.29) is 17.3 Å². The van der Waals surface area contributed by atoms with Crippen LogP contribution >= 0.6 is 23.2 Å². The molecule has 0 radical (unpaired) electrons. The summed E-state index contributed by atoms with van der Waals surface area (Å²) in [5.74, 6) is 0.889. The van der Waals surface area contributed by atoms with Crippen molar-refractivity contribution in [2.75, 3.05) is 5.32 Å². The number of rotatable bonds is 4. The van der Waals surface area contributed by atoms with Crippen LogP contribution in [0.3, 0.4) is 0 Å².